The largest absolute Gasteiger partial charge is 0.507 e. The molecule has 1 aliphatic carbocycles. The number of pyridine rings is 1. The second-order valence-corrected chi connectivity index (χ2v) is 11.0. The van der Waals surface area contributed by atoms with Crippen LogP contribution in [0.1, 0.15) is 53.3 Å². The summed E-state index contributed by atoms with van der Waals surface area (Å²) < 4.78 is 44.2. The number of H-pyrrole nitrogens is 1. The average Bonchev–Trinajstić information content (AvgIpc) is 3.40. The lowest BCUT2D eigenvalue weighted by atomic mass is 10.00. The van der Waals surface area contributed by atoms with Crippen LogP contribution in [0.2, 0.25) is 0 Å². The lowest BCUT2D eigenvalue weighted by Crippen LogP contribution is -2.33. The van der Waals surface area contributed by atoms with Crippen molar-refractivity contribution in [1.82, 2.24) is 24.2 Å². The van der Waals surface area contributed by atoms with Gasteiger partial charge in [0.15, 0.2) is 5.82 Å². The standard InChI is InChI=1S/C25H23FN6O4S/c26-22-19(31-37(35,36)32-7-1-2-8-32)5-6-20(33)21(22)23(34)18-13-30-25-17(18)9-15(10-29-25)16-11-27-24(28-12-16)14-3-4-14/h5-6,9-14,31,33H,1-4,7-8H2,(H,29,30). The van der Waals surface area contributed by atoms with E-state index in [1.165, 1.54) is 10.5 Å². The molecule has 0 unspecified atom stereocenters. The van der Waals surface area contributed by atoms with Crippen molar-refractivity contribution in [2.45, 2.75) is 31.6 Å². The number of phenolic OH excluding ortho intramolecular Hbond substituents is 1. The summed E-state index contributed by atoms with van der Waals surface area (Å²) in [5.74, 6) is -1.35. The highest BCUT2D eigenvalue weighted by Crippen LogP contribution is 2.38. The van der Waals surface area contributed by atoms with Gasteiger partial charge >= 0.3 is 10.2 Å². The molecule has 1 aromatic carbocycles. The molecule has 10 nitrogen and oxygen atoms in total. The number of carbonyl (C=O) groups excluding carboxylic acids is 1. The van der Waals surface area contributed by atoms with Crippen molar-refractivity contribution in [2.24, 2.45) is 0 Å². The fraction of sp³-hybridized carbons (Fsp3) is 0.280. The number of phenols is 1. The van der Waals surface area contributed by atoms with Gasteiger partial charge in [-0.15, -0.1) is 0 Å². The summed E-state index contributed by atoms with van der Waals surface area (Å²) in [5, 5.41) is 10.8. The molecule has 0 bridgehead atoms. The number of anilines is 1. The van der Waals surface area contributed by atoms with Gasteiger partial charge in [-0.3, -0.25) is 9.52 Å². The molecular weight excluding hydrogens is 499 g/mol. The van der Waals surface area contributed by atoms with Gasteiger partial charge in [-0.05, 0) is 43.9 Å². The normalized spacial score (nSPS) is 16.4. The van der Waals surface area contributed by atoms with Crippen LogP contribution in [-0.4, -0.2) is 56.6 Å². The zero-order valence-corrected chi connectivity index (χ0v) is 20.4. The van der Waals surface area contributed by atoms with Crippen LogP contribution in [0, 0.1) is 5.82 Å². The highest BCUT2D eigenvalue weighted by Gasteiger charge is 2.29. The highest BCUT2D eigenvalue weighted by atomic mass is 32.2. The van der Waals surface area contributed by atoms with Crippen molar-refractivity contribution < 1.29 is 22.7 Å². The smallest absolute Gasteiger partial charge is 0.301 e. The first-order valence-corrected chi connectivity index (χ1v) is 13.4. The number of rotatable bonds is 7. The van der Waals surface area contributed by atoms with Crippen LogP contribution < -0.4 is 4.72 Å². The number of nitrogens with zero attached hydrogens (tertiary/aromatic N) is 4. The van der Waals surface area contributed by atoms with Gasteiger partial charge in [0.25, 0.3) is 0 Å². The van der Waals surface area contributed by atoms with Gasteiger partial charge in [0, 0.05) is 65.9 Å². The number of fused-ring (bicyclic) bond motifs is 1. The molecule has 190 valence electrons. The second-order valence-electron chi connectivity index (χ2n) is 9.29. The summed E-state index contributed by atoms with van der Waals surface area (Å²) in [4.78, 5) is 29.6. The topological polar surface area (TPSA) is 141 Å². The Labute approximate surface area is 211 Å². The fourth-order valence-corrected chi connectivity index (χ4v) is 5.82. The SMILES string of the molecule is O=C(c1c(O)ccc(NS(=O)(=O)N2CCCC2)c1F)c1c[nH]c2ncc(-c3cnc(C4CC4)nc3)cc12. The fourth-order valence-electron chi connectivity index (χ4n) is 4.52. The Bertz CT molecular complexity index is 1630. The molecule has 2 aliphatic rings. The number of hydrogen-bond donors (Lipinski definition) is 3. The minimum atomic E-state index is -4.00. The Morgan fingerprint density at radius 1 is 1.08 bits per heavy atom. The maximum absolute atomic E-state index is 15.5. The van der Waals surface area contributed by atoms with E-state index < -0.39 is 38.8 Å². The summed E-state index contributed by atoms with van der Waals surface area (Å²) >= 11 is 0. The van der Waals surface area contributed by atoms with Crippen LogP contribution in [0.15, 0.2) is 43.0 Å². The molecule has 0 atom stereocenters. The third-order valence-electron chi connectivity index (χ3n) is 6.71. The minimum Gasteiger partial charge on any atom is -0.507 e. The van der Waals surface area contributed by atoms with E-state index >= 15 is 4.39 Å². The van der Waals surface area contributed by atoms with Gasteiger partial charge in [0.1, 0.15) is 22.8 Å². The first-order valence-electron chi connectivity index (χ1n) is 12.0. The molecule has 3 aromatic heterocycles. The molecule has 1 aliphatic heterocycles. The van der Waals surface area contributed by atoms with Crippen molar-refractivity contribution in [2.75, 3.05) is 17.8 Å². The highest BCUT2D eigenvalue weighted by molar-refractivity contribution is 7.90. The minimum absolute atomic E-state index is 0.0774. The van der Waals surface area contributed by atoms with Gasteiger partial charge in [-0.2, -0.15) is 12.7 Å². The predicted octanol–water partition coefficient (Wildman–Crippen LogP) is 3.73. The van der Waals surface area contributed by atoms with Crippen molar-refractivity contribution >= 4 is 32.7 Å². The van der Waals surface area contributed by atoms with Crippen LogP contribution in [-0.2, 0) is 10.2 Å². The summed E-state index contributed by atoms with van der Waals surface area (Å²) in [5.41, 5.74) is 0.803. The van der Waals surface area contributed by atoms with Gasteiger partial charge in [-0.1, -0.05) is 0 Å². The molecule has 0 radical (unpaired) electrons. The van der Waals surface area contributed by atoms with Gasteiger partial charge in [0.2, 0.25) is 5.78 Å². The van der Waals surface area contributed by atoms with Crippen LogP contribution in [0.25, 0.3) is 22.2 Å². The summed E-state index contributed by atoms with van der Waals surface area (Å²) in [6.45, 7) is 0.666. The molecule has 4 aromatic rings. The third-order valence-corrected chi connectivity index (χ3v) is 8.24. The lowest BCUT2D eigenvalue weighted by Gasteiger charge is -2.18. The Kier molecular flexibility index (Phi) is 5.64. The van der Waals surface area contributed by atoms with Crippen molar-refractivity contribution in [1.29, 1.82) is 0 Å². The van der Waals surface area contributed by atoms with Gasteiger partial charge in [-0.25, -0.2) is 19.3 Å². The molecule has 37 heavy (non-hydrogen) atoms. The van der Waals surface area contributed by atoms with E-state index in [2.05, 4.69) is 24.7 Å². The monoisotopic (exact) mass is 522 g/mol. The molecule has 4 heterocycles. The zero-order chi connectivity index (χ0) is 25.7. The Morgan fingerprint density at radius 3 is 2.49 bits per heavy atom. The Hall–Kier alpha value is -3.90. The van der Waals surface area contributed by atoms with E-state index in [-0.39, 0.29) is 5.56 Å². The average molecular weight is 523 g/mol. The number of aromatic nitrogens is 4. The summed E-state index contributed by atoms with van der Waals surface area (Å²) in [7, 11) is -4.00. The van der Waals surface area contributed by atoms with E-state index in [0.717, 1.165) is 43.6 Å². The summed E-state index contributed by atoms with van der Waals surface area (Å²) in [6, 6.07) is 3.90. The van der Waals surface area contributed by atoms with E-state index in [9.17, 15) is 18.3 Å². The first-order chi connectivity index (χ1) is 17.8. The number of aromatic amines is 1. The van der Waals surface area contributed by atoms with E-state index in [4.69, 9.17) is 0 Å². The van der Waals surface area contributed by atoms with Crippen LogP contribution in [0.4, 0.5) is 10.1 Å². The maximum atomic E-state index is 15.5. The number of ketones is 1. The quantitative estimate of drug-likeness (QED) is 0.248. The van der Waals surface area contributed by atoms with Crippen molar-refractivity contribution in [3.8, 4) is 16.9 Å². The number of benzene rings is 1. The number of carbonyl (C=O) groups is 1. The first kappa shape index (κ1) is 23.5. The molecule has 0 spiro atoms. The Morgan fingerprint density at radius 2 is 1.78 bits per heavy atom. The van der Waals surface area contributed by atoms with E-state index in [1.807, 2.05) is 0 Å². The van der Waals surface area contributed by atoms with Crippen LogP contribution >= 0.6 is 0 Å². The van der Waals surface area contributed by atoms with Crippen LogP contribution in [0.5, 0.6) is 5.75 Å². The Balaban J connectivity index is 1.35. The molecule has 1 saturated carbocycles. The molecule has 2 fully saturated rings. The molecule has 1 saturated heterocycles. The lowest BCUT2D eigenvalue weighted by molar-refractivity contribution is 0.103. The molecule has 0 amide bonds. The van der Waals surface area contributed by atoms with Crippen molar-refractivity contribution in [3.05, 3.63) is 65.8 Å². The number of halogens is 1. The molecule has 12 heteroatoms. The van der Waals surface area contributed by atoms with Crippen molar-refractivity contribution in [3.63, 3.8) is 0 Å². The number of aromatic hydroxyl groups is 1. The molecule has 6 rings (SSSR count). The molecular formula is C25H23FN6O4S. The maximum Gasteiger partial charge on any atom is 0.301 e. The number of hydrogen-bond acceptors (Lipinski definition) is 7. The predicted molar refractivity (Wildman–Crippen MR) is 134 cm³/mol. The second kappa shape index (κ2) is 8.89. The van der Waals surface area contributed by atoms with Gasteiger partial charge in [0.05, 0.1) is 5.69 Å². The third kappa shape index (κ3) is 4.31. The summed E-state index contributed by atoms with van der Waals surface area (Å²) in [6.07, 6.45) is 10.0. The van der Waals surface area contributed by atoms with Crippen LogP contribution in [0.3, 0.4) is 0 Å². The van der Waals surface area contributed by atoms with E-state index in [1.54, 1.807) is 24.7 Å². The molecule has 3 N–H and O–H groups in total. The van der Waals surface area contributed by atoms with Gasteiger partial charge < -0.3 is 10.1 Å². The zero-order valence-electron chi connectivity index (χ0n) is 19.6. The van der Waals surface area contributed by atoms with E-state index in [0.29, 0.717) is 41.2 Å². The number of nitrogens with one attached hydrogen (secondary N) is 2.